The molecule has 2 rings (SSSR count). The number of thiocarbonyl (C=S) groups is 1. The van der Waals surface area contributed by atoms with Gasteiger partial charge in [0.25, 0.3) is 0 Å². The highest BCUT2D eigenvalue weighted by Gasteiger charge is 2.19. The molecule has 2 heterocycles. The lowest BCUT2D eigenvalue weighted by atomic mass is 10.4. The third-order valence-corrected chi connectivity index (χ3v) is 2.32. The summed E-state index contributed by atoms with van der Waals surface area (Å²) < 4.78 is 5.11. The van der Waals surface area contributed by atoms with Gasteiger partial charge in [0.1, 0.15) is 0 Å². The first-order valence-corrected chi connectivity index (χ1v) is 4.30. The summed E-state index contributed by atoms with van der Waals surface area (Å²) in [6.07, 6.45) is -0.289. The van der Waals surface area contributed by atoms with Gasteiger partial charge in [0.2, 0.25) is 6.23 Å². The zero-order valence-corrected chi connectivity index (χ0v) is 7.06. The van der Waals surface area contributed by atoms with E-state index in [-0.39, 0.29) is 11.4 Å². The fourth-order valence-electron chi connectivity index (χ4n) is 0.789. The molecule has 0 aliphatic carbocycles. The van der Waals surface area contributed by atoms with Crippen LogP contribution in [0.2, 0.25) is 0 Å². The van der Waals surface area contributed by atoms with E-state index < -0.39 is 0 Å². The standard InChI is InChI=1S/C6H4N2OS2/c10-6-8-7-5(9-6)4-2-1-3-11-4/h1-3,5H. The Morgan fingerprint density at radius 3 is 3.09 bits per heavy atom. The fourth-order valence-corrected chi connectivity index (χ4v) is 1.61. The number of rotatable bonds is 1. The van der Waals surface area contributed by atoms with Crippen molar-refractivity contribution in [2.75, 3.05) is 0 Å². The van der Waals surface area contributed by atoms with E-state index in [4.69, 9.17) is 17.0 Å². The normalized spacial score (nSPS) is 22.2. The van der Waals surface area contributed by atoms with Crippen molar-refractivity contribution < 1.29 is 4.74 Å². The van der Waals surface area contributed by atoms with Crippen LogP contribution >= 0.6 is 23.6 Å². The second-order valence-corrected chi connectivity index (χ2v) is 3.30. The molecular weight excluding hydrogens is 180 g/mol. The molecule has 0 N–H and O–H groups in total. The summed E-state index contributed by atoms with van der Waals surface area (Å²) in [7, 11) is 0. The van der Waals surface area contributed by atoms with Crippen LogP contribution in [0.4, 0.5) is 0 Å². The second-order valence-electron chi connectivity index (χ2n) is 1.97. The minimum Gasteiger partial charge on any atom is -0.435 e. The fraction of sp³-hybridized carbons (Fsp3) is 0.167. The predicted molar refractivity (Wildman–Crippen MR) is 45.6 cm³/mol. The topological polar surface area (TPSA) is 34.0 Å². The van der Waals surface area contributed by atoms with Crippen molar-refractivity contribution in [2.24, 2.45) is 10.2 Å². The van der Waals surface area contributed by atoms with E-state index in [1.54, 1.807) is 11.3 Å². The van der Waals surface area contributed by atoms with Crippen LogP contribution < -0.4 is 0 Å². The van der Waals surface area contributed by atoms with Crippen LogP contribution in [-0.2, 0) is 4.74 Å². The molecule has 1 aliphatic heterocycles. The Balaban J connectivity index is 2.21. The number of hydrogen-bond acceptors (Lipinski definition) is 4. The van der Waals surface area contributed by atoms with Crippen molar-refractivity contribution in [1.29, 1.82) is 0 Å². The van der Waals surface area contributed by atoms with Gasteiger partial charge in [-0.2, -0.15) is 0 Å². The highest BCUT2D eigenvalue weighted by atomic mass is 32.1. The minimum atomic E-state index is -0.289. The predicted octanol–water partition coefficient (Wildman–Crippen LogP) is 2.51. The van der Waals surface area contributed by atoms with Gasteiger partial charge < -0.3 is 4.74 Å². The van der Waals surface area contributed by atoms with Gasteiger partial charge in [0.15, 0.2) is 0 Å². The zero-order valence-electron chi connectivity index (χ0n) is 5.43. The van der Waals surface area contributed by atoms with Gasteiger partial charge in [0, 0.05) is 0 Å². The molecule has 1 aromatic heterocycles. The summed E-state index contributed by atoms with van der Waals surface area (Å²) in [6.45, 7) is 0. The molecule has 0 saturated carbocycles. The average molecular weight is 184 g/mol. The van der Waals surface area contributed by atoms with Crippen LogP contribution in [0.5, 0.6) is 0 Å². The lowest BCUT2D eigenvalue weighted by Gasteiger charge is -2.00. The van der Waals surface area contributed by atoms with Crippen LogP contribution in [-0.4, -0.2) is 5.17 Å². The van der Waals surface area contributed by atoms with Gasteiger partial charge in [-0.15, -0.1) is 21.6 Å². The summed E-state index contributed by atoms with van der Waals surface area (Å²) in [6, 6.07) is 3.89. The summed E-state index contributed by atoms with van der Waals surface area (Å²) in [4.78, 5) is 1.04. The number of azo groups is 1. The van der Waals surface area contributed by atoms with Crippen LogP contribution in [0.3, 0.4) is 0 Å². The van der Waals surface area contributed by atoms with E-state index in [9.17, 15) is 0 Å². The Morgan fingerprint density at radius 2 is 2.55 bits per heavy atom. The van der Waals surface area contributed by atoms with Crippen molar-refractivity contribution in [1.82, 2.24) is 0 Å². The molecule has 1 atom stereocenters. The first-order valence-electron chi connectivity index (χ1n) is 3.01. The smallest absolute Gasteiger partial charge is 0.304 e. The molecule has 0 amide bonds. The van der Waals surface area contributed by atoms with Crippen molar-refractivity contribution >= 4 is 28.7 Å². The van der Waals surface area contributed by atoms with E-state index in [1.807, 2.05) is 17.5 Å². The van der Waals surface area contributed by atoms with E-state index in [1.165, 1.54) is 0 Å². The molecule has 1 unspecified atom stereocenters. The Kier molecular flexibility index (Phi) is 1.67. The van der Waals surface area contributed by atoms with Gasteiger partial charge in [0.05, 0.1) is 4.88 Å². The van der Waals surface area contributed by atoms with E-state index >= 15 is 0 Å². The average Bonchev–Trinajstić information content (AvgIpc) is 2.55. The molecule has 3 nitrogen and oxygen atoms in total. The Labute approximate surface area is 72.7 Å². The minimum absolute atomic E-state index is 0.225. The molecule has 0 fully saturated rings. The van der Waals surface area contributed by atoms with Gasteiger partial charge >= 0.3 is 5.17 Å². The quantitative estimate of drug-likeness (QED) is 0.628. The SMILES string of the molecule is S=C1N=NC(c2cccs2)O1. The van der Waals surface area contributed by atoms with Crippen LogP contribution in [0.1, 0.15) is 11.1 Å². The molecule has 11 heavy (non-hydrogen) atoms. The molecule has 0 aromatic carbocycles. The molecule has 0 radical (unpaired) electrons. The molecular formula is C6H4N2OS2. The van der Waals surface area contributed by atoms with E-state index in [2.05, 4.69) is 10.2 Å². The maximum absolute atomic E-state index is 5.11. The highest BCUT2D eigenvalue weighted by Crippen LogP contribution is 2.27. The molecule has 1 aromatic rings. The van der Waals surface area contributed by atoms with Gasteiger partial charge in [-0.25, -0.2) is 0 Å². The molecule has 56 valence electrons. The van der Waals surface area contributed by atoms with E-state index in [0.717, 1.165) is 4.88 Å². The van der Waals surface area contributed by atoms with Gasteiger partial charge in [-0.05, 0) is 23.7 Å². The summed E-state index contributed by atoms with van der Waals surface area (Å²) in [5.74, 6) is 0. The highest BCUT2D eigenvalue weighted by molar-refractivity contribution is 7.80. The Morgan fingerprint density at radius 1 is 1.64 bits per heavy atom. The Hall–Kier alpha value is -0.810. The van der Waals surface area contributed by atoms with E-state index in [0.29, 0.717) is 0 Å². The van der Waals surface area contributed by atoms with Crippen LogP contribution in [0, 0.1) is 0 Å². The van der Waals surface area contributed by atoms with Crippen LogP contribution in [0.15, 0.2) is 27.7 Å². The van der Waals surface area contributed by atoms with Gasteiger partial charge in [-0.3, -0.25) is 0 Å². The van der Waals surface area contributed by atoms with Crippen molar-refractivity contribution in [2.45, 2.75) is 6.23 Å². The number of hydrogen-bond donors (Lipinski definition) is 0. The van der Waals surface area contributed by atoms with Crippen molar-refractivity contribution in [3.63, 3.8) is 0 Å². The first-order chi connectivity index (χ1) is 5.36. The molecule has 0 bridgehead atoms. The second kappa shape index (κ2) is 2.67. The molecule has 0 spiro atoms. The largest absolute Gasteiger partial charge is 0.435 e. The zero-order chi connectivity index (χ0) is 7.68. The third-order valence-electron chi connectivity index (χ3n) is 1.24. The lowest BCUT2D eigenvalue weighted by Crippen LogP contribution is -1.94. The maximum atomic E-state index is 5.11. The first kappa shape index (κ1) is 6.87. The molecule has 0 saturated heterocycles. The number of ether oxygens (including phenoxy) is 1. The van der Waals surface area contributed by atoms with Crippen molar-refractivity contribution in [3.05, 3.63) is 22.4 Å². The Bertz CT molecular complexity index is 294. The molecule has 1 aliphatic rings. The molecule has 5 heteroatoms. The van der Waals surface area contributed by atoms with Gasteiger partial charge in [-0.1, -0.05) is 6.07 Å². The maximum Gasteiger partial charge on any atom is 0.304 e. The number of thiophene rings is 1. The van der Waals surface area contributed by atoms with Crippen LogP contribution in [0.25, 0.3) is 0 Å². The lowest BCUT2D eigenvalue weighted by molar-refractivity contribution is 0.231. The third kappa shape index (κ3) is 1.29. The summed E-state index contributed by atoms with van der Waals surface area (Å²) >= 11 is 6.28. The van der Waals surface area contributed by atoms with Crippen molar-refractivity contribution in [3.8, 4) is 0 Å². The summed E-state index contributed by atoms with van der Waals surface area (Å²) in [5.41, 5.74) is 0. The summed E-state index contributed by atoms with van der Waals surface area (Å²) in [5, 5.41) is 9.64. The number of nitrogens with zero attached hydrogens (tertiary/aromatic N) is 2. The monoisotopic (exact) mass is 184 g/mol.